The zero-order valence-electron chi connectivity index (χ0n) is 10.4. The number of nitrogens with one attached hydrogen (secondary N) is 1. The van der Waals surface area contributed by atoms with Crippen LogP contribution in [0.2, 0.25) is 0 Å². The van der Waals surface area contributed by atoms with Crippen molar-refractivity contribution in [3.63, 3.8) is 0 Å². The zero-order chi connectivity index (χ0) is 13.1. The molecular weight excluding hydrogens is 227 g/mol. The molecule has 0 unspecified atom stereocenters. The summed E-state index contributed by atoms with van der Waals surface area (Å²) in [6.07, 6.45) is -2.77. The van der Waals surface area contributed by atoms with Crippen LogP contribution in [0, 0.1) is 0 Å². The van der Waals surface area contributed by atoms with Gasteiger partial charge in [0.2, 0.25) is 0 Å². The van der Waals surface area contributed by atoms with E-state index in [9.17, 15) is 13.2 Å². The van der Waals surface area contributed by atoms with Crippen LogP contribution in [0.3, 0.4) is 0 Å². The normalized spacial score (nSPS) is 12.6. The molecule has 0 spiro atoms. The van der Waals surface area contributed by atoms with Crippen LogP contribution in [0.1, 0.15) is 39.2 Å². The molecule has 17 heavy (non-hydrogen) atoms. The van der Waals surface area contributed by atoms with Gasteiger partial charge in [0.25, 0.3) is 0 Å². The summed E-state index contributed by atoms with van der Waals surface area (Å²) in [5.74, 6) is 0. The van der Waals surface area contributed by atoms with Gasteiger partial charge in [0, 0.05) is 11.2 Å². The Labute approximate surface area is 100 Å². The second-order valence-electron chi connectivity index (χ2n) is 4.44. The van der Waals surface area contributed by atoms with Gasteiger partial charge in [-0.05, 0) is 31.9 Å². The van der Waals surface area contributed by atoms with E-state index < -0.39 is 11.7 Å². The van der Waals surface area contributed by atoms with Crippen molar-refractivity contribution in [3.05, 3.63) is 29.8 Å². The molecule has 0 aliphatic carbocycles. The van der Waals surface area contributed by atoms with E-state index in [1.807, 2.05) is 20.8 Å². The minimum absolute atomic E-state index is 0.159. The number of halogens is 3. The fourth-order valence-corrected chi connectivity index (χ4v) is 1.59. The second kappa shape index (κ2) is 4.98. The van der Waals surface area contributed by atoms with E-state index >= 15 is 0 Å². The minimum atomic E-state index is -4.31. The van der Waals surface area contributed by atoms with Gasteiger partial charge < -0.3 is 5.32 Å². The molecule has 1 rings (SSSR count). The maximum atomic E-state index is 12.8. The molecule has 0 bridgehead atoms. The number of para-hydroxylation sites is 1. The van der Waals surface area contributed by atoms with Crippen molar-refractivity contribution in [1.29, 1.82) is 0 Å². The van der Waals surface area contributed by atoms with Crippen LogP contribution in [0.5, 0.6) is 0 Å². The van der Waals surface area contributed by atoms with E-state index in [0.717, 1.165) is 18.9 Å². The van der Waals surface area contributed by atoms with Gasteiger partial charge >= 0.3 is 6.18 Å². The lowest BCUT2D eigenvalue weighted by Gasteiger charge is -2.31. The average Bonchev–Trinajstić information content (AvgIpc) is 2.28. The fraction of sp³-hybridized carbons (Fsp3) is 0.538. The molecule has 0 aromatic heterocycles. The van der Waals surface area contributed by atoms with Gasteiger partial charge in [-0.3, -0.25) is 0 Å². The standard InChI is InChI=1S/C13H18F3N/c1-4-12(3,5-2)17-11-9-7-6-8-10(11)13(14,15)16/h6-9,17H,4-5H2,1-3H3. The molecule has 0 amide bonds. The molecule has 0 atom stereocenters. The quantitative estimate of drug-likeness (QED) is 0.811. The number of hydrogen-bond acceptors (Lipinski definition) is 1. The first-order valence-corrected chi connectivity index (χ1v) is 5.77. The molecule has 0 heterocycles. The highest BCUT2D eigenvalue weighted by molar-refractivity contribution is 5.54. The lowest BCUT2D eigenvalue weighted by atomic mass is 9.94. The molecular formula is C13H18F3N. The molecule has 0 fully saturated rings. The van der Waals surface area contributed by atoms with Crippen LogP contribution >= 0.6 is 0 Å². The Morgan fingerprint density at radius 3 is 2.06 bits per heavy atom. The highest BCUT2D eigenvalue weighted by Crippen LogP contribution is 2.36. The van der Waals surface area contributed by atoms with Crippen LogP contribution in [0.25, 0.3) is 0 Å². The van der Waals surface area contributed by atoms with E-state index in [1.165, 1.54) is 12.1 Å². The fourth-order valence-electron chi connectivity index (χ4n) is 1.59. The topological polar surface area (TPSA) is 12.0 Å². The van der Waals surface area contributed by atoms with Crippen molar-refractivity contribution in [2.45, 2.75) is 45.3 Å². The van der Waals surface area contributed by atoms with Gasteiger partial charge in [-0.1, -0.05) is 26.0 Å². The SMILES string of the molecule is CCC(C)(CC)Nc1ccccc1C(F)(F)F. The zero-order valence-corrected chi connectivity index (χ0v) is 10.4. The van der Waals surface area contributed by atoms with E-state index in [-0.39, 0.29) is 11.2 Å². The van der Waals surface area contributed by atoms with Crippen molar-refractivity contribution in [2.24, 2.45) is 0 Å². The Morgan fingerprint density at radius 1 is 1.06 bits per heavy atom. The van der Waals surface area contributed by atoms with Crippen molar-refractivity contribution < 1.29 is 13.2 Å². The molecule has 1 N–H and O–H groups in total. The van der Waals surface area contributed by atoms with E-state index in [0.29, 0.717) is 0 Å². The average molecular weight is 245 g/mol. The van der Waals surface area contributed by atoms with Crippen molar-refractivity contribution in [2.75, 3.05) is 5.32 Å². The van der Waals surface area contributed by atoms with E-state index in [4.69, 9.17) is 0 Å². The molecule has 96 valence electrons. The lowest BCUT2D eigenvalue weighted by molar-refractivity contribution is -0.137. The first kappa shape index (κ1) is 13.9. The van der Waals surface area contributed by atoms with Crippen molar-refractivity contribution in [1.82, 2.24) is 0 Å². The number of rotatable bonds is 4. The Morgan fingerprint density at radius 2 is 1.59 bits per heavy atom. The summed E-state index contributed by atoms with van der Waals surface area (Å²) in [6, 6.07) is 5.60. The van der Waals surface area contributed by atoms with Crippen molar-refractivity contribution >= 4 is 5.69 Å². The predicted octanol–water partition coefficient (Wildman–Crippen LogP) is 4.70. The van der Waals surface area contributed by atoms with Crippen LogP contribution in [-0.4, -0.2) is 5.54 Å². The maximum Gasteiger partial charge on any atom is 0.418 e. The Bertz CT molecular complexity index is 367. The summed E-state index contributed by atoms with van der Waals surface area (Å²) in [4.78, 5) is 0. The molecule has 1 aromatic rings. The molecule has 0 radical (unpaired) electrons. The predicted molar refractivity (Wildman–Crippen MR) is 64.1 cm³/mol. The van der Waals surface area contributed by atoms with Gasteiger partial charge in [-0.2, -0.15) is 13.2 Å². The molecule has 4 heteroatoms. The molecule has 1 nitrogen and oxygen atoms in total. The molecule has 0 saturated carbocycles. The number of benzene rings is 1. The number of anilines is 1. The van der Waals surface area contributed by atoms with Gasteiger partial charge in [-0.15, -0.1) is 0 Å². The first-order valence-electron chi connectivity index (χ1n) is 5.77. The Hall–Kier alpha value is -1.19. The van der Waals surface area contributed by atoms with Crippen LogP contribution < -0.4 is 5.32 Å². The van der Waals surface area contributed by atoms with Crippen LogP contribution in [-0.2, 0) is 6.18 Å². The maximum absolute atomic E-state index is 12.8. The van der Waals surface area contributed by atoms with Gasteiger partial charge in [0.15, 0.2) is 0 Å². The third-order valence-corrected chi connectivity index (χ3v) is 3.23. The summed E-state index contributed by atoms with van der Waals surface area (Å²) in [5.41, 5.74) is -0.749. The summed E-state index contributed by atoms with van der Waals surface area (Å²) >= 11 is 0. The molecule has 0 aliphatic heterocycles. The summed E-state index contributed by atoms with van der Waals surface area (Å²) in [5, 5.41) is 3.01. The summed E-state index contributed by atoms with van der Waals surface area (Å²) in [7, 11) is 0. The van der Waals surface area contributed by atoms with Gasteiger partial charge in [0.05, 0.1) is 5.56 Å². The third kappa shape index (κ3) is 3.38. The highest BCUT2D eigenvalue weighted by Gasteiger charge is 2.34. The lowest BCUT2D eigenvalue weighted by Crippen LogP contribution is -2.33. The number of alkyl halides is 3. The Balaban J connectivity index is 3.07. The van der Waals surface area contributed by atoms with Crippen LogP contribution in [0.4, 0.5) is 18.9 Å². The summed E-state index contributed by atoms with van der Waals surface area (Å²) in [6.45, 7) is 5.86. The van der Waals surface area contributed by atoms with Gasteiger partial charge in [0.1, 0.15) is 0 Å². The Kier molecular flexibility index (Phi) is 4.07. The minimum Gasteiger partial charge on any atom is -0.379 e. The second-order valence-corrected chi connectivity index (χ2v) is 4.44. The van der Waals surface area contributed by atoms with E-state index in [1.54, 1.807) is 6.07 Å². The largest absolute Gasteiger partial charge is 0.418 e. The monoisotopic (exact) mass is 245 g/mol. The smallest absolute Gasteiger partial charge is 0.379 e. The third-order valence-electron chi connectivity index (χ3n) is 3.23. The molecule has 1 aromatic carbocycles. The molecule has 0 aliphatic rings. The van der Waals surface area contributed by atoms with Crippen molar-refractivity contribution in [3.8, 4) is 0 Å². The summed E-state index contributed by atoms with van der Waals surface area (Å²) < 4.78 is 38.4. The van der Waals surface area contributed by atoms with Crippen LogP contribution in [0.15, 0.2) is 24.3 Å². The van der Waals surface area contributed by atoms with Gasteiger partial charge in [-0.25, -0.2) is 0 Å². The number of hydrogen-bond donors (Lipinski definition) is 1. The highest BCUT2D eigenvalue weighted by atomic mass is 19.4. The first-order chi connectivity index (χ1) is 7.82. The molecule has 0 saturated heterocycles. The van der Waals surface area contributed by atoms with E-state index in [2.05, 4.69) is 5.32 Å².